The normalized spacial score (nSPS) is 10.2. The van der Waals surface area contributed by atoms with E-state index in [1.807, 2.05) is 6.07 Å². The Morgan fingerprint density at radius 3 is 2.48 bits per heavy atom. The van der Waals surface area contributed by atoms with Crippen LogP contribution in [0.3, 0.4) is 0 Å². The molecule has 0 unspecified atom stereocenters. The molecule has 0 atom stereocenters. The molecule has 0 saturated heterocycles. The lowest BCUT2D eigenvalue weighted by Gasteiger charge is -2.10. The van der Waals surface area contributed by atoms with Gasteiger partial charge in [0.1, 0.15) is 6.07 Å². The van der Waals surface area contributed by atoms with Gasteiger partial charge in [-0.2, -0.15) is 5.26 Å². The van der Waals surface area contributed by atoms with Crippen molar-refractivity contribution in [2.24, 2.45) is 0 Å². The maximum atomic E-state index is 11.9. The van der Waals surface area contributed by atoms with E-state index in [9.17, 15) is 4.79 Å². The van der Waals surface area contributed by atoms with E-state index in [0.717, 1.165) is 0 Å². The number of halogens is 3. The van der Waals surface area contributed by atoms with Crippen molar-refractivity contribution in [3.8, 4) is 11.8 Å². The minimum atomic E-state index is -0.663. The monoisotopic (exact) mass is 387 g/mol. The SMILES string of the molecule is COC(=O)c1c(N)c(C#N)cn1-c1cc(Cl)c(Br)c(Cl)c1. The summed E-state index contributed by atoms with van der Waals surface area (Å²) >= 11 is 15.4. The Balaban J connectivity index is 2.75. The minimum Gasteiger partial charge on any atom is -0.464 e. The lowest BCUT2D eigenvalue weighted by Crippen LogP contribution is -2.11. The predicted molar refractivity (Wildman–Crippen MR) is 84.0 cm³/mol. The number of hydrogen-bond acceptors (Lipinski definition) is 4. The van der Waals surface area contributed by atoms with Gasteiger partial charge >= 0.3 is 5.97 Å². The summed E-state index contributed by atoms with van der Waals surface area (Å²) in [5, 5.41) is 9.78. The van der Waals surface area contributed by atoms with E-state index in [1.165, 1.54) is 17.9 Å². The van der Waals surface area contributed by atoms with Crippen molar-refractivity contribution in [2.75, 3.05) is 12.8 Å². The van der Waals surface area contributed by atoms with Crippen LogP contribution in [-0.4, -0.2) is 17.6 Å². The summed E-state index contributed by atoms with van der Waals surface area (Å²) in [5.74, 6) is -0.663. The van der Waals surface area contributed by atoms with E-state index in [1.54, 1.807) is 12.1 Å². The summed E-state index contributed by atoms with van der Waals surface area (Å²) in [6, 6.07) is 5.09. The standard InChI is InChI=1S/C13H8BrCl2N3O2/c1-21-13(20)12-11(18)6(4-17)5-19(12)7-2-8(15)10(14)9(16)3-7/h2-3,5H,18H2,1H3. The molecule has 8 heteroatoms. The van der Waals surface area contributed by atoms with Gasteiger partial charge in [-0.1, -0.05) is 23.2 Å². The zero-order valence-electron chi connectivity index (χ0n) is 10.7. The van der Waals surface area contributed by atoms with E-state index in [2.05, 4.69) is 15.9 Å². The van der Waals surface area contributed by atoms with E-state index in [0.29, 0.717) is 20.2 Å². The van der Waals surface area contributed by atoms with Crippen molar-refractivity contribution in [3.63, 3.8) is 0 Å². The van der Waals surface area contributed by atoms with Gasteiger partial charge in [-0.05, 0) is 28.1 Å². The number of aromatic nitrogens is 1. The molecule has 1 aromatic heterocycles. The summed E-state index contributed by atoms with van der Waals surface area (Å²) in [6.45, 7) is 0. The number of anilines is 1. The number of ether oxygens (including phenoxy) is 1. The van der Waals surface area contributed by atoms with Crippen molar-refractivity contribution in [2.45, 2.75) is 0 Å². The second-order valence-electron chi connectivity index (χ2n) is 4.00. The number of rotatable bonds is 2. The Bertz CT molecular complexity index is 757. The molecule has 1 aromatic carbocycles. The average molecular weight is 389 g/mol. The fourth-order valence-electron chi connectivity index (χ4n) is 1.80. The second-order valence-corrected chi connectivity index (χ2v) is 5.61. The fourth-order valence-corrected chi connectivity index (χ4v) is 2.50. The molecular formula is C13H8BrCl2N3O2. The number of hydrogen-bond donors (Lipinski definition) is 1. The first-order valence-corrected chi connectivity index (χ1v) is 7.09. The van der Waals surface area contributed by atoms with Crippen LogP contribution in [0.2, 0.25) is 10.0 Å². The van der Waals surface area contributed by atoms with Crippen LogP contribution in [-0.2, 0) is 4.74 Å². The van der Waals surface area contributed by atoms with Crippen molar-refractivity contribution < 1.29 is 9.53 Å². The van der Waals surface area contributed by atoms with Gasteiger partial charge in [-0.3, -0.25) is 0 Å². The molecule has 2 N–H and O–H groups in total. The first-order valence-electron chi connectivity index (χ1n) is 5.54. The van der Waals surface area contributed by atoms with Crippen molar-refractivity contribution in [1.29, 1.82) is 5.26 Å². The van der Waals surface area contributed by atoms with Crippen LogP contribution >= 0.6 is 39.1 Å². The Hall–Kier alpha value is -1.68. The van der Waals surface area contributed by atoms with Gasteiger partial charge in [0.2, 0.25) is 0 Å². The van der Waals surface area contributed by atoms with Crippen LogP contribution in [0.1, 0.15) is 16.1 Å². The van der Waals surface area contributed by atoms with Crippen LogP contribution < -0.4 is 5.73 Å². The predicted octanol–water partition coefficient (Wildman–Crippen LogP) is 3.79. The molecule has 0 radical (unpaired) electrons. The van der Waals surface area contributed by atoms with Crippen LogP contribution in [0.15, 0.2) is 22.8 Å². The Labute approximate surface area is 138 Å². The molecule has 0 amide bonds. The van der Waals surface area contributed by atoms with Crippen LogP contribution in [0, 0.1) is 11.3 Å². The third kappa shape index (κ3) is 2.72. The summed E-state index contributed by atoms with van der Waals surface area (Å²) in [4.78, 5) is 11.9. The van der Waals surface area contributed by atoms with Crippen LogP contribution in [0.4, 0.5) is 5.69 Å². The molecule has 2 aromatic rings. The first-order chi connectivity index (χ1) is 9.90. The van der Waals surface area contributed by atoms with Crippen molar-refractivity contribution >= 4 is 50.8 Å². The fraction of sp³-hybridized carbons (Fsp3) is 0.0769. The smallest absolute Gasteiger partial charge is 0.357 e. The molecule has 21 heavy (non-hydrogen) atoms. The number of nitrogen functional groups attached to an aromatic ring is 1. The lowest BCUT2D eigenvalue weighted by atomic mass is 10.2. The van der Waals surface area contributed by atoms with E-state index in [4.69, 9.17) is 38.9 Å². The molecule has 2 rings (SSSR count). The number of methoxy groups -OCH3 is 1. The Morgan fingerprint density at radius 1 is 1.43 bits per heavy atom. The number of carbonyl (C=O) groups excluding carboxylic acids is 1. The number of carbonyl (C=O) groups is 1. The minimum absolute atomic E-state index is 0.0412. The average Bonchev–Trinajstić information content (AvgIpc) is 2.80. The lowest BCUT2D eigenvalue weighted by molar-refractivity contribution is 0.0593. The highest BCUT2D eigenvalue weighted by atomic mass is 79.9. The molecule has 0 fully saturated rings. The Kier molecular flexibility index (Phi) is 4.47. The molecular weight excluding hydrogens is 381 g/mol. The largest absolute Gasteiger partial charge is 0.464 e. The maximum Gasteiger partial charge on any atom is 0.357 e. The van der Waals surface area contributed by atoms with E-state index >= 15 is 0 Å². The maximum absolute atomic E-state index is 11.9. The van der Waals surface area contributed by atoms with Crippen molar-refractivity contribution in [3.05, 3.63) is 44.1 Å². The van der Waals surface area contributed by atoms with Crippen LogP contribution in [0.5, 0.6) is 0 Å². The topological polar surface area (TPSA) is 81.0 Å². The molecule has 108 valence electrons. The number of benzene rings is 1. The number of esters is 1. The molecule has 0 spiro atoms. The molecule has 0 aliphatic rings. The second kappa shape index (κ2) is 5.98. The van der Waals surface area contributed by atoms with Gasteiger partial charge in [0.05, 0.1) is 32.9 Å². The van der Waals surface area contributed by atoms with Gasteiger partial charge < -0.3 is 15.0 Å². The summed E-state index contributed by atoms with van der Waals surface area (Å²) in [5.41, 5.74) is 6.55. The highest BCUT2D eigenvalue weighted by molar-refractivity contribution is 9.10. The van der Waals surface area contributed by atoms with Gasteiger partial charge in [-0.15, -0.1) is 0 Å². The van der Waals surface area contributed by atoms with Gasteiger partial charge in [0.25, 0.3) is 0 Å². The molecule has 0 bridgehead atoms. The Morgan fingerprint density at radius 2 is 2.00 bits per heavy atom. The third-order valence-corrected chi connectivity index (χ3v) is 4.70. The molecule has 0 aliphatic carbocycles. The number of nitrogens with zero attached hydrogens (tertiary/aromatic N) is 2. The van der Waals surface area contributed by atoms with Gasteiger partial charge in [-0.25, -0.2) is 4.79 Å². The molecule has 0 aliphatic heterocycles. The summed E-state index contributed by atoms with van der Waals surface area (Å²) in [6.07, 6.45) is 1.43. The van der Waals surface area contributed by atoms with Crippen LogP contribution in [0.25, 0.3) is 5.69 Å². The quantitative estimate of drug-likeness (QED) is 0.626. The highest BCUT2D eigenvalue weighted by Crippen LogP contribution is 2.34. The van der Waals surface area contributed by atoms with E-state index in [-0.39, 0.29) is 16.9 Å². The molecule has 1 heterocycles. The van der Waals surface area contributed by atoms with Crippen molar-refractivity contribution in [1.82, 2.24) is 4.57 Å². The molecule has 5 nitrogen and oxygen atoms in total. The zero-order valence-corrected chi connectivity index (χ0v) is 13.8. The van der Waals surface area contributed by atoms with Gasteiger partial charge in [0, 0.05) is 11.9 Å². The number of nitrogens with two attached hydrogens (primary N) is 1. The number of nitriles is 1. The summed E-state index contributed by atoms with van der Waals surface area (Å²) < 4.78 is 6.65. The first kappa shape index (κ1) is 15.7. The third-order valence-electron chi connectivity index (χ3n) is 2.79. The highest BCUT2D eigenvalue weighted by Gasteiger charge is 2.22. The zero-order chi connectivity index (χ0) is 15.7. The van der Waals surface area contributed by atoms with Gasteiger partial charge in [0.15, 0.2) is 5.69 Å². The molecule has 0 saturated carbocycles. The summed E-state index contributed by atoms with van der Waals surface area (Å²) in [7, 11) is 1.23. The van der Waals surface area contributed by atoms with E-state index < -0.39 is 5.97 Å².